The summed E-state index contributed by atoms with van der Waals surface area (Å²) in [5.74, 6) is -0.260. The molecule has 0 radical (unpaired) electrons. The predicted molar refractivity (Wildman–Crippen MR) is 121 cm³/mol. The molecule has 1 fully saturated rings. The quantitative estimate of drug-likeness (QED) is 0.495. The Balaban J connectivity index is 1.65. The minimum atomic E-state index is -0.547. The first-order valence-electron chi connectivity index (χ1n) is 10.8. The molecule has 0 aliphatic carbocycles. The summed E-state index contributed by atoms with van der Waals surface area (Å²) in [6.07, 6.45) is 0.557. The summed E-state index contributed by atoms with van der Waals surface area (Å²) < 4.78 is 5.41. The van der Waals surface area contributed by atoms with Gasteiger partial charge in [0.15, 0.2) is 0 Å². The summed E-state index contributed by atoms with van der Waals surface area (Å²) in [4.78, 5) is 27.4. The fraction of sp³-hybridized carbons (Fsp3) is 0.259. The summed E-state index contributed by atoms with van der Waals surface area (Å²) in [6, 6.07) is 29.7. The van der Waals surface area contributed by atoms with Gasteiger partial charge in [-0.15, -0.1) is 0 Å². The van der Waals surface area contributed by atoms with Crippen LogP contribution >= 0.6 is 0 Å². The first-order chi connectivity index (χ1) is 15.2. The first kappa shape index (κ1) is 20.9. The molecule has 2 atom stereocenters. The summed E-state index contributed by atoms with van der Waals surface area (Å²) in [6.45, 7) is 2.27. The van der Waals surface area contributed by atoms with E-state index < -0.39 is 6.09 Å². The van der Waals surface area contributed by atoms with Crippen molar-refractivity contribution in [2.75, 3.05) is 6.61 Å². The van der Waals surface area contributed by atoms with E-state index in [1.165, 1.54) is 4.90 Å². The number of ether oxygens (including phenoxy) is 1. The van der Waals surface area contributed by atoms with Crippen LogP contribution in [0.15, 0.2) is 91.0 Å². The lowest BCUT2D eigenvalue weighted by molar-refractivity contribution is -0.129. The maximum atomic E-state index is 13.4. The van der Waals surface area contributed by atoms with Crippen LogP contribution in [0.2, 0.25) is 0 Å². The Kier molecular flexibility index (Phi) is 6.46. The summed E-state index contributed by atoms with van der Waals surface area (Å²) in [5, 5.41) is 0. The zero-order valence-electron chi connectivity index (χ0n) is 17.7. The Bertz CT molecular complexity index is 965. The van der Waals surface area contributed by atoms with Crippen LogP contribution in [0, 0.1) is 0 Å². The Morgan fingerprint density at radius 3 is 1.84 bits per heavy atom. The van der Waals surface area contributed by atoms with Gasteiger partial charge in [0.2, 0.25) is 5.91 Å². The van der Waals surface area contributed by atoms with E-state index in [9.17, 15) is 9.59 Å². The van der Waals surface area contributed by atoms with Crippen LogP contribution in [0.5, 0.6) is 0 Å². The van der Waals surface area contributed by atoms with Gasteiger partial charge in [0.25, 0.3) is 0 Å². The minimum absolute atomic E-state index is 0.0645. The van der Waals surface area contributed by atoms with Crippen molar-refractivity contribution in [1.29, 1.82) is 0 Å². The minimum Gasteiger partial charge on any atom is -0.447 e. The molecule has 4 rings (SSSR count). The third-order valence-corrected chi connectivity index (χ3v) is 6.06. The second-order valence-corrected chi connectivity index (χ2v) is 7.93. The number of carbonyl (C=O) groups excluding carboxylic acids is 2. The number of imide groups is 1. The number of amides is 2. The number of hydrogen-bond donors (Lipinski definition) is 0. The zero-order valence-corrected chi connectivity index (χ0v) is 17.7. The molecular formula is C27H27NO3. The Labute approximate surface area is 183 Å². The van der Waals surface area contributed by atoms with Gasteiger partial charge in [-0.25, -0.2) is 9.69 Å². The maximum Gasteiger partial charge on any atom is 0.417 e. The molecule has 4 nitrogen and oxygen atoms in total. The van der Waals surface area contributed by atoms with Crippen LogP contribution in [-0.2, 0) is 9.53 Å². The van der Waals surface area contributed by atoms with Gasteiger partial charge in [-0.1, -0.05) is 97.9 Å². The molecule has 4 heteroatoms. The van der Waals surface area contributed by atoms with E-state index in [2.05, 4.69) is 6.92 Å². The molecule has 0 spiro atoms. The van der Waals surface area contributed by atoms with Crippen LogP contribution in [-0.4, -0.2) is 29.5 Å². The predicted octanol–water partition coefficient (Wildman–Crippen LogP) is 5.75. The zero-order chi connectivity index (χ0) is 21.6. The van der Waals surface area contributed by atoms with E-state index in [0.717, 1.165) is 23.1 Å². The van der Waals surface area contributed by atoms with E-state index in [0.29, 0.717) is 0 Å². The number of nitrogens with zero attached hydrogens (tertiary/aromatic N) is 1. The molecule has 1 aliphatic heterocycles. The fourth-order valence-electron chi connectivity index (χ4n) is 4.46. The molecule has 0 N–H and O–H groups in total. The standard InChI is InChI=1S/C27H27NO3/c1-2-20(21-12-6-3-7-13-21)18-25(29)28-24(19-31-27(28)30)26(22-14-8-4-9-15-22)23-16-10-5-11-17-23/h3-17,20,24,26H,2,18-19H2,1H3/t20-,24+/m1/s1. The number of carbonyl (C=O) groups is 2. The second-order valence-electron chi connectivity index (χ2n) is 7.93. The maximum absolute atomic E-state index is 13.4. The molecule has 2 amide bonds. The molecule has 158 valence electrons. The van der Waals surface area contributed by atoms with Crippen molar-refractivity contribution in [3.8, 4) is 0 Å². The molecular weight excluding hydrogens is 386 g/mol. The highest BCUT2D eigenvalue weighted by Gasteiger charge is 2.43. The molecule has 0 bridgehead atoms. The van der Waals surface area contributed by atoms with Gasteiger partial charge in [-0.05, 0) is 29.0 Å². The van der Waals surface area contributed by atoms with Gasteiger partial charge in [0.1, 0.15) is 6.61 Å². The largest absolute Gasteiger partial charge is 0.447 e. The van der Waals surface area contributed by atoms with E-state index in [1.807, 2.05) is 91.0 Å². The van der Waals surface area contributed by atoms with Crippen molar-refractivity contribution in [2.24, 2.45) is 0 Å². The number of cyclic esters (lactones) is 1. The highest BCUT2D eigenvalue weighted by molar-refractivity contribution is 5.94. The fourth-order valence-corrected chi connectivity index (χ4v) is 4.46. The highest BCUT2D eigenvalue weighted by Crippen LogP contribution is 2.35. The van der Waals surface area contributed by atoms with Gasteiger partial charge in [0.05, 0.1) is 6.04 Å². The Hall–Kier alpha value is -3.40. The molecule has 0 unspecified atom stereocenters. The first-order valence-corrected chi connectivity index (χ1v) is 10.8. The topological polar surface area (TPSA) is 46.6 Å². The Morgan fingerprint density at radius 1 is 0.871 bits per heavy atom. The molecule has 3 aromatic rings. The van der Waals surface area contributed by atoms with Crippen molar-refractivity contribution in [3.05, 3.63) is 108 Å². The van der Waals surface area contributed by atoms with Crippen molar-refractivity contribution in [3.63, 3.8) is 0 Å². The van der Waals surface area contributed by atoms with E-state index >= 15 is 0 Å². The van der Waals surface area contributed by atoms with Crippen LogP contribution in [0.3, 0.4) is 0 Å². The lowest BCUT2D eigenvalue weighted by atomic mass is 9.84. The van der Waals surface area contributed by atoms with Crippen LogP contribution < -0.4 is 0 Å². The normalized spacial score (nSPS) is 16.9. The summed E-state index contributed by atoms with van der Waals surface area (Å²) in [7, 11) is 0. The number of benzene rings is 3. The molecule has 0 aromatic heterocycles. The monoisotopic (exact) mass is 413 g/mol. The van der Waals surface area contributed by atoms with E-state index in [-0.39, 0.29) is 36.8 Å². The SMILES string of the molecule is CC[C@H](CC(=O)N1C(=O)OC[C@H]1C(c1ccccc1)c1ccccc1)c1ccccc1. The molecule has 1 heterocycles. The third kappa shape index (κ3) is 4.53. The van der Waals surface area contributed by atoms with E-state index in [4.69, 9.17) is 4.74 Å². The van der Waals surface area contributed by atoms with Crippen LogP contribution in [0.25, 0.3) is 0 Å². The number of rotatable bonds is 7. The van der Waals surface area contributed by atoms with Crippen molar-refractivity contribution >= 4 is 12.0 Å². The van der Waals surface area contributed by atoms with Gasteiger partial charge in [-0.2, -0.15) is 0 Å². The third-order valence-electron chi connectivity index (χ3n) is 6.06. The van der Waals surface area contributed by atoms with Gasteiger partial charge in [-0.3, -0.25) is 4.79 Å². The second kappa shape index (κ2) is 9.61. The van der Waals surface area contributed by atoms with Crippen molar-refractivity contribution in [2.45, 2.75) is 37.6 Å². The number of hydrogen-bond acceptors (Lipinski definition) is 3. The van der Waals surface area contributed by atoms with Crippen LogP contribution in [0.4, 0.5) is 4.79 Å². The average Bonchev–Trinajstić information content (AvgIpc) is 3.20. The van der Waals surface area contributed by atoms with Crippen molar-refractivity contribution in [1.82, 2.24) is 4.90 Å². The highest BCUT2D eigenvalue weighted by atomic mass is 16.6. The lowest BCUT2D eigenvalue weighted by Gasteiger charge is -2.29. The molecule has 3 aromatic carbocycles. The molecule has 1 aliphatic rings. The molecule has 1 saturated heterocycles. The average molecular weight is 414 g/mol. The van der Waals surface area contributed by atoms with Crippen molar-refractivity contribution < 1.29 is 14.3 Å². The summed E-state index contributed by atoms with van der Waals surface area (Å²) >= 11 is 0. The Morgan fingerprint density at radius 2 is 1.35 bits per heavy atom. The van der Waals surface area contributed by atoms with E-state index in [1.54, 1.807) is 0 Å². The van der Waals surface area contributed by atoms with Gasteiger partial charge >= 0.3 is 6.09 Å². The van der Waals surface area contributed by atoms with Gasteiger partial charge in [0, 0.05) is 12.3 Å². The van der Waals surface area contributed by atoms with Crippen LogP contribution in [0.1, 0.15) is 48.3 Å². The summed E-state index contributed by atoms with van der Waals surface area (Å²) in [5.41, 5.74) is 3.24. The lowest BCUT2D eigenvalue weighted by Crippen LogP contribution is -2.43. The molecule has 0 saturated carbocycles. The van der Waals surface area contributed by atoms with Gasteiger partial charge < -0.3 is 4.74 Å². The molecule has 31 heavy (non-hydrogen) atoms. The smallest absolute Gasteiger partial charge is 0.417 e.